The molecule has 6 nitrogen and oxygen atoms in total. The van der Waals surface area contributed by atoms with Gasteiger partial charge in [-0.15, -0.1) is 0 Å². The fraction of sp³-hybridized carbons (Fsp3) is 0.100. The maximum atomic E-state index is 10.5. The number of hydrogen-bond acceptors (Lipinski definition) is 5. The maximum absolute atomic E-state index is 10.5. The Kier molecular flexibility index (Phi) is 2.65. The SMILES string of the molecule is NC(c1ccccc1)c1nc(C(=O)O)no1. The van der Waals surface area contributed by atoms with Gasteiger partial charge in [-0.05, 0) is 10.7 Å². The Labute approximate surface area is 90.7 Å². The minimum absolute atomic E-state index is 0.0867. The van der Waals surface area contributed by atoms with Crippen LogP contribution in [0.25, 0.3) is 0 Å². The molecular weight excluding hydrogens is 210 g/mol. The minimum Gasteiger partial charge on any atom is -0.475 e. The second-order valence-electron chi connectivity index (χ2n) is 3.15. The van der Waals surface area contributed by atoms with Crippen LogP contribution in [0.1, 0.15) is 28.1 Å². The molecule has 1 heterocycles. The third-order valence-electron chi connectivity index (χ3n) is 2.06. The molecule has 0 spiro atoms. The Balaban J connectivity index is 2.27. The molecule has 1 aromatic heterocycles. The van der Waals surface area contributed by atoms with Gasteiger partial charge < -0.3 is 15.4 Å². The van der Waals surface area contributed by atoms with Crippen molar-refractivity contribution in [3.8, 4) is 0 Å². The van der Waals surface area contributed by atoms with Crippen molar-refractivity contribution in [1.29, 1.82) is 0 Å². The van der Waals surface area contributed by atoms with Crippen molar-refractivity contribution in [2.24, 2.45) is 5.73 Å². The van der Waals surface area contributed by atoms with Gasteiger partial charge in [-0.25, -0.2) is 4.79 Å². The molecule has 0 fully saturated rings. The van der Waals surface area contributed by atoms with E-state index in [2.05, 4.69) is 10.1 Å². The molecule has 1 aromatic carbocycles. The molecule has 82 valence electrons. The summed E-state index contributed by atoms with van der Waals surface area (Å²) in [6.45, 7) is 0. The second-order valence-corrected chi connectivity index (χ2v) is 3.15. The Morgan fingerprint density at radius 2 is 2.06 bits per heavy atom. The van der Waals surface area contributed by atoms with Crippen LogP contribution in [0.15, 0.2) is 34.9 Å². The van der Waals surface area contributed by atoms with Gasteiger partial charge in [-0.3, -0.25) is 0 Å². The van der Waals surface area contributed by atoms with E-state index in [9.17, 15) is 4.79 Å². The number of nitrogens with zero attached hydrogens (tertiary/aromatic N) is 2. The number of carboxylic acid groups (broad SMARTS) is 1. The van der Waals surface area contributed by atoms with Gasteiger partial charge in [0.05, 0.1) is 0 Å². The molecule has 6 heteroatoms. The highest BCUT2D eigenvalue weighted by Crippen LogP contribution is 2.17. The van der Waals surface area contributed by atoms with Gasteiger partial charge in [0.1, 0.15) is 6.04 Å². The van der Waals surface area contributed by atoms with E-state index in [-0.39, 0.29) is 11.7 Å². The first-order valence-corrected chi connectivity index (χ1v) is 4.56. The monoisotopic (exact) mass is 219 g/mol. The van der Waals surface area contributed by atoms with Gasteiger partial charge in [-0.2, -0.15) is 4.98 Å². The predicted molar refractivity (Wildman–Crippen MR) is 53.7 cm³/mol. The lowest BCUT2D eigenvalue weighted by Gasteiger charge is -2.05. The van der Waals surface area contributed by atoms with E-state index in [1.165, 1.54) is 0 Å². The largest absolute Gasteiger partial charge is 0.475 e. The highest BCUT2D eigenvalue weighted by Gasteiger charge is 2.19. The highest BCUT2D eigenvalue weighted by molar-refractivity contribution is 5.82. The molecule has 2 aromatic rings. The number of carbonyl (C=O) groups is 1. The summed E-state index contributed by atoms with van der Waals surface area (Å²) in [5.41, 5.74) is 6.62. The van der Waals surface area contributed by atoms with E-state index in [1.807, 2.05) is 18.2 Å². The van der Waals surface area contributed by atoms with Gasteiger partial charge in [0.15, 0.2) is 0 Å². The van der Waals surface area contributed by atoms with E-state index in [4.69, 9.17) is 15.4 Å². The van der Waals surface area contributed by atoms with Crippen LogP contribution in [0, 0.1) is 0 Å². The summed E-state index contributed by atoms with van der Waals surface area (Å²) in [5, 5.41) is 11.9. The molecule has 0 radical (unpaired) electrons. The van der Waals surface area contributed by atoms with Crippen molar-refractivity contribution in [3.05, 3.63) is 47.6 Å². The van der Waals surface area contributed by atoms with E-state index in [0.717, 1.165) is 5.56 Å². The van der Waals surface area contributed by atoms with Crippen molar-refractivity contribution in [1.82, 2.24) is 10.1 Å². The molecular formula is C10H9N3O3. The normalized spacial score (nSPS) is 12.3. The first-order valence-electron chi connectivity index (χ1n) is 4.56. The van der Waals surface area contributed by atoms with Crippen LogP contribution in [0.2, 0.25) is 0 Å². The highest BCUT2D eigenvalue weighted by atomic mass is 16.5. The number of aromatic nitrogens is 2. The lowest BCUT2D eigenvalue weighted by atomic mass is 10.1. The van der Waals surface area contributed by atoms with Gasteiger partial charge in [0.2, 0.25) is 5.89 Å². The number of aromatic carboxylic acids is 1. The Hall–Kier alpha value is -2.21. The van der Waals surface area contributed by atoms with Crippen LogP contribution in [0.4, 0.5) is 0 Å². The summed E-state index contributed by atoms with van der Waals surface area (Å²) >= 11 is 0. The summed E-state index contributed by atoms with van der Waals surface area (Å²) < 4.78 is 4.78. The quantitative estimate of drug-likeness (QED) is 0.792. The Morgan fingerprint density at radius 1 is 1.38 bits per heavy atom. The topological polar surface area (TPSA) is 102 Å². The molecule has 0 bridgehead atoms. The molecule has 1 unspecified atom stereocenters. The summed E-state index contributed by atoms with van der Waals surface area (Å²) in [7, 11) is 0. The molecule has 2 rings (SSSR count). The van der Waals surface area contributed by atoms with E-state index >= 15 is 0 Å². The van der Waals surface area contributed by atoms with Crippen LogP contribution < -0.4 is 5.73 Å². The van der Waals surface area contributed by atoms with Crippen LogP contribution in [0.3, 0.4) is 0 Å². The lowest BCUT2D eigenvalue weighted by molar-refractivity contribution is 0.0680. The zero-order chi connectivity index (χ0) is 11.5. The predicted octanol–water partition coefficient (Wildman–Crippen LogP) is 0.816. The minimum atomic E-state index is -1.24. The average molecular weight is 219 g/mol. The van der Waals surface area contributed by atoms with Crippen LogP contribution in [-0.2, 0) is 0 Å². The van der Waals surface area contributed by atoms with Gasteiger partial charge in [0, 0.05) is 0 Å². The molecule has 0 saturated carbocycles. The number of benzene rings is 1. The smallest absolute Gasteiger partial charge is 0.377 e. The lowest BCUT2D eigenvalue weighted by Crippen LogP contribution is -2.12. The average Bonchev–Trinajstić information content (AvgIpc) is 2.78. The van der Waals surface area contributed by atoms with Gasteiger partial charge >= 0.3 is 5.97 Å². The molecule has 0 amide bonds. The van der Waals surface area contributed by atoms with Crippen molar-refractivity contribution in [3.63, 3.8) is 0 Å². The maximum Gasteiger partial charge on any atom is 0.377 e. The molecule has 0 aliphatic rings. The van der Waals surface area contributed by atoms with E-state index < -0.39 is 12.0 Å². The van der Waals surface area contributed by atoms with Crippen LogP contribution in [-0.4, -0.2) is 21.2 Å². The first-order chi connectivity index (χ1) is 7.68. The third-order valence-corrected chi connectivity index (χ3v) is 2.06. The number of nitrogens with two attached hydrogens (primary N) is 1. The molecule has 3 N–H and O–H groups in total. The molecule has 0 saturated heterocycles. The standard InChI is InChI=1S/C10H9N3O3/c11-7(6-4-2-1-3-5-6)9-12-8(10(14)15)13-16-9/h1-5,7H,11H2,(H,14,15). The van der Waals surface area contributed by atoms with Gasteiger partial charge in [0.25, 0.3) is 5.82 Å². The summed E-state index contributed by atoms with van der Waals surface area (Å²) in [6, 6.07) is 8.49. The first kappa shape index (κ1) is 10.3. The van der Waals surface area contributed by atoms with Crippen molar-refractivity contribution >= 4 is 5.97 Å². The molecule has 1 atom stereocenters. The third kappa shape index (κ3) is 1.91. The fourth-order valence-electron chi connectivity index (χ4n) is 1.25. The van der Waals surface area contributed by atoms with Crippen LogP contribution in [0.5, 0.6) is 0 Å². The van der Waals surface area contributed by atoms with Crippen LogP contribution >= 0.6 is 0 Å². The Morgan fingerprint density at radius 3 is 2.62 bits per heavy atom. The van der Waals surface area contributed by atoms with Crippen molar-refractivity contribution in [2.75, 3.05) is 0 Å². The molecule has 16 heavy (non-hydrogen) atoms. The molecule has 0 aliphatic heterocycles. The van der Waals surface area contributed by atoms with Crippen molar-refractivity contribution in [2.45, 2.75) is 6.04 Å². The summed E-state index contributed by atoms with van der Waals surface area (Å²) in [5.74, 6) is -1.54. The number of hydrogen-bond donors (Lipinski definition) is 2. The number of rotatable bonds is 3. The zero-order valence-corrected chi connectivity index (χ0v) is 8.20. The zero-order valence-electron chi connectivity index (χ0n) is 8.20. The molecule has 0 aliphatic carbocycles. The second kappa shape index (κ2) is 4.11. The van der Waals surface area contributed by atoms with Crippen molar-refractivity contribution < 1.29 is 14.4 Å². The fourth-order valence-corrected chi connectivity index (χ4v) is 1.25. The van der Waals surface area contributed by atoms with E-state index in [1.54, 1.807) is 12.1 Å². The number of carboxylic acids is 1. The summed E-state index contributed by atoms with van der Waals surface area (Å²) in [6.07, 6.45) is 0. The van der Waals surface area contributed by atoms with Gasteiger partial charge in [-0.1, -0.05) is 30.3 Å². The Bertz CT molecular complexity index is 495. The van der Waals surface area contributed by atoms with E-state index in [0.29, 0.717) is 0 Å². The summed E-state index contributed by atoms with van der Waals surface area (Å²) in [4.78, 5) is 14.2.